The first-order chi connectivity index (χ1) is 8.69. The topological polar surface area (TPSA) is 37.3 Å². The summed E-state index contributed by atoms with van der Waals surface area (Å²) < 4.78 is 0. The molecule has 0 radical (unpaired) electrons. The second-order valence-electron chi connectivity index (χ2n) is 3.91. The highest BCUT2D eigenvalue weighted by Crippen LogP contribution is 2.27. The number of benzene rings is 1. The minimum absolute atomic E-state index is 0.402. The number of carboxylic acid groups (broad SMARTS) is 1. The zero-order valence-corrected chi connectivity index (χ0v) is 11.7. The summed E-state index contributed by atoms with van der Waals surface area (Å²) in [4.78, 5) is 12.2. The molecule has 0 aliphatic rings. The molecule has 2 nitrogen and oxygen atoms in total. The third-order valence-electron chi connectivity index (χ3n) is 2.62. The molecule has 0 aliphatic carbocycles. The quantitative estimate of drug-likeness (QED) is 0.828. The van der Waals surface area contributed by atoms with Gasteiger partial charge in [-0.05, 0) is 23.6 Å². The Morgan fingerprint density at radius 3 is 2.50 bits per heavy atom. The number of rotatable bonds is 5. The minimum Gasteiger partial charge on any atom is -0.477 e. The molecule has 0 amide bonds. The zero-order valence-electron chi connectivity index (χ0n) is 10.1. The summed E-state index contributed by atoms with van der Waals surface area (Å²) in [5.74, 6) is 0.0268. The predicted molar refractivity (Wildman–Crippen MR) is 76.7 cm³/mol. The smallest absolute Gasteiger partial charge is 0.345 e. The molecule has 1 aromatic heterocycles. The van der Waals surface area contributed by atoms with E-state index < -0.39 is 5.97 Å². The van der Waals surface area contributed by atoms with Crippen molar-refractivity contribution >= 4 is 29.1 Å². The molecule has 2 aromatic rings. The Kier molecular flexibility index (Phi) is 4.44. The largest absolute Gasteiger partial charge is 0.477 e. The fourth-order valence-electron chi connectivity index (χ4n) is 1.54. The molecule has 0 saturated carbocycles. The summed E-state index contributed by atoms with van der Waals surface area (Å²) in [6.45, 7) is 2.14. The number of carboxylic acids is 1. The molecule has 0 saturated heterocycles. The van der Waals surface area contributed by atoms with Gasteiger partial charge in [-0.3, -0.25) is 0 Å². The Labute approximate surface area is 115 Å². The van der Waals surface area contributed by atoms with E-state index in [1.165, 1.54) is 22.5 Å². The van der Waals surface area contributed by atoms with Gasteiger partial charge in [-0.1, -0.05) is 31.2 Å². The monoisotopic (exact) mass is 278 g/mol. The first kappa shape index (κ1) is 13.2. The van der Waals surface area contributed by atoms with Gasteiger partial charge in [0, 0.05) is 16.0 Å². The zero-order chi connectivity index (χ0) is 13.0. The molecule has 1 N–H and O–H groups in total. The molecule has 0 bridgehead atoms. The van der Waals surface area contributed by atoms with E-state index >= 15 is 0 Å². The standard InChI is InChI=1S/C14H14O2S2/c1-2-10-3-5-11(6-4-10)8-17-12-7-13(14(15)16)18-9-12/h3-7,9H,2,8H2,1H3,(H,15,16). The second-order valence-corrected chi connectivity index (χ2v) is 5.87. The molecule has 1 heterocycles. The lowest BCUT2D eigenvalue weighted by Gasteiger charge is -2.01. The van der Waals surface area contributed by atoms with Gasteiger partial charge in [0.1, 0.15) is 4.88 Å². The predicted octanol–water partition coefficient (Wildman–Crippen LogP) is 4.30. The van der Waals surface area contributed by atoms with Crippen molar-refractivity contribution in [2.45, 2.75) is 24.0 Å². The first-order valence-corrected chi connectivity index (χ1v) is 7.58. The number of aryl methyl sites for hydroxylation is 1. The van der Waals surface area contributed by atoms with Crippen LogP contribution in [0.5, 0.6) is 0 Å². The molecule has 2 rings (SSSR count). The van der Waals surface area contributed by atoms with Gasteiger partial charge in [0.2, 0.25) is 0 Å². The number of thioether (sulfide) groups is 1. The lowest BCUT2D eigenvalue weighted by molar-refractivity contribution is 0.0702. The van der Waals surface area contributed by atoms with Crippen molar-refractivity contribution in [3.05, 3.63) is 51.7 Å². The molecule has 0 fully saturated rings. The van der Waals surface area contributed by atoms with Gasteiger partial charge in [-0.2, -0.15) is 0 Å². The van der Waals surface area contributed by atoms with Crippen LogP contribution >= 0.6 is 23.1 Å². The SMILES string of the molecule is CCc1ccc(CSc2csc(C(=O)O)c2)cc1. The van der Waals surface area contributed by atoms with Crippen LogP contribution in [-0.4, -0.2) is 11.1 Å². The van der Waals surface area contributed by atoms with E-state index in [1.807, 2.05) is 5.38 Å². The average molecular weight is 278 g/mol. The van der Waals surface area contributed by atoms with Crippen molar-refractivity contribution in [3.8, 4) is 0 Å². The van der Waals surface area contributed by atoms with Gasteiger partial charge in [0.25, 0.3) is 0 Å². The van der Waals surface area contributed by atoms with Crippen molar-refractivity contribution in [2.75, 3.05) is 0 Å². The van der Waals surface area contributed by atoms with E-state index in [1.54, 1.807) is 17.8 Å². The van der Waals surface area contributed by atoms with E-state index in [0.717, 1.165) is 17.1 Å². The molecular weight excluding hydrogens is 264 g/mol. The van der Waals surface area contributed by atoms with Crippen LogP contribution in [0, 0.1) is 0 Å². The van der Waals surface area contributed by atoms with E-state index in [2.05, 4.69) is 31.2 Å². The number of hydrogen-bond acceptors (Lipinski definition) is 3. The lowest BCUT2D eigenvalue weighted by atomic mass is 10.1. The third-order valence-corrected chi connectivity index (χ3v) is 4.74. The minimum atomic E-state index is -0.848. The highest BCUT2D eigenvalue weighted by atomic mass is 32.2. The maximum absolute atomic E-state index is 10.8. The summed E-state index contributed by atoms with van der Waals surface area (Å²) in [5.41, 5.74) is 2.60. The summed E-state index contributed by atoms with van der Waals surface area (Å²) in [7, 11) is 0. The average Bonchev–Trinajstić information content (AvgIpc) is 2.86. The van der Waals surface area contributed by atoms with Crippen LogP contribution in [0.25, 0.3) is 0 Å². The number of thiophene rings is 1. The van der Waals surface area contributed by atoms with Gasteiger partial charge >= 0.3 is 5.97 Å². The van der Waals surface area contributed by atoms with Gasteiger partial charge in [-0.25, -0.2) is 4.79 Å². The molecular formula is C14H14O2S2. The van der Waals surface area contributed by atoms with Crippen LogP contribution in [0.3, 0.4) is 0 Å². The highest BCUT2D eigenvalue weighted by molar-refractivity contribution is 7.98. The van der Waals surface area contributed by atoms with Gasteiger partial charge in [0.15, 0.2) is 0 Å². The van der Waals surface area contributed by atoms with E-state index in [4.69, 9.17) is 5.11 Å². The number of carbonyl (C=O) groups is 1. The Hall–Kier alpha value is -1.26. The van der Waals surface area contributed by atoms with E-state index in [-0.39, 0.29) is 0 Å². The van der Waals surface area contributed by atoms with E-state index in [0.29, 0.717) is 4.88 Å². The van der Waals surface area contributed by atoms with Crippen LogP contribution in [0.2, 0.25) is 0 Å². The van der Waals surface area contributed by atoms with Crippen molar-refractivity contribution in [2.24, 2.45) is 0 Å². The van der Waals surface area contributed by atoms with Gasteiger partial charge in [0.05, 0.1) is 0 Å². The highest BCUT2D eigenvalue weighted by Gasteiger charge is 2.07. The second kappa shape index (κ2) is 6.07. The molecule has 0 atom stereocenters. The van der Waals surface area contributed by atoms with Crippen LogP contribution < -0.4 is 0 Å². The van der Waals surface area contributed by atoms with Crippen LogP contribution in [-0.2, 0) is 12.2 Å². The van der Waals surface area contributed by atoms with Crippen LogP contribution in [0.4, 0.5) is 0 Å². The van der Waals surface area contributed by atoms with Crippen molar-refractivity contribution < 1.29 is 9.90 Å². The fourth-order valence-corrected chi connectivity index (χ4v) is 3.37. The molecule has 94 valence electrons. The Morgan fingerprint density at radius 1 is 1.28 bits per heavy atom. The Morgan fingerprint density at radius 2 is 1.94 bits per heavy atom. The molecule has 4 heteroatoms. The maximum Gasteiger partial charge on any atom is 0.345 e. The number of hydrogen-bond donors (Lipinski definition) is 1. The van der Waals surface area contributed by atoms with Crippen LogP contribution in [0.15, 0.2) is 40.6 Å². The third kappa shape index (κ3) is 3.37. The van der Waals surface area contributed by atoms with Crippen LogP contribution in [0.1, 0.15) is 27.7 Å². The summed E-state index contributed by atoms with van der Waals surface area (Å²) in [6, 6.07) is 10.3. The molecule has 18 heavy (non-hydrogen) atoms. The Bertz CT molecular complexity index is 529. The van der Waals surface area contributed by atoms with Crippen molar-refractivity contribution in [3.63, 3.8) is 0 Å². The fraction of sp³-hybridized carbons (Fsp3) is 0.214. The normalized spacial score (nSPS) is 10.5. The van der Waals surface area contributed by atoms with Crippen molar-refractivity contribution in [1.29, 1.82) is 0 Å². The number of aromatic carboxylic acids is 1. The molecule has 1 aromatic carbocycles. The molecule has 0 spiro atoms. The summed E-state index contributed by atoms with van der Waals surface area (Å²) in [6.07, 6.45) is 1.06. The van der Waals surface area contributed by atoms with E-state index in [9.17, 15) is 4.79 Å². The molecule has 0 unspecified atom stereocenters. The van der Waals surface area contributed by atoms with Crippen molar-refractivity contribution in [1.82, 2.24) is 0 Å². The lowest BCUT2D eigenvalue weighted by Crippen LogP contribution is -1.89. The first-order valence-electron chi connectivity index (χ1n) is 5.71. The van der Waals surface area contributed by atoms with Gasteiger partial charge < -0.3 is 5.11 Å². The summed E-state index contributed by atoms with van der Waals surface area (Å²) >= 11 is 2.95. The maximum atomic E-state index is 10.8. The Balaban J connectivity index is 1.95. The summed E-state index contributed by atoms with van der Waals surface area (Å²) in [5, 5.41) is 10.7. The van der Waals surface area contributed by atoms with Gasteiger partial charge in [-0.15, -0.1) is 23.1 Å². The molecule has 0 aliphatic heterocycles.